The van der Waals surface area contributed by atoms with Gasteiger partial charge in [-0.3, -0.25) is 4.79 Å². The maximum atomic E-state index is 13.5. The van der Waals surface area contributed by atoms with Gasteiger partial charge in [-0.2, -0.15) is 5.10 Å². The first-order valence-corrected chi connectivity index (χ1v) is 9.75. The highest BCUT2D eigenvalue weighted by Gasteiger charge is 2.41. The number of fused-ring (bicyclic) bond motifs is 1. The van der Waals surface area contributed by atoms with Crippen LogP contribution in [-0.2, 0) is 6.42 Å². The number of hydrogen-bond acceptors (Lipinski definition) is 2. The Morgan fingerprint density at radius 3 is 2.56 bits per heavy atom. The Bertz CT molecular complexity index is 988. The summed E-state index contributed by atoms with van der Waals surface area (Å²) in [5.41, 5.74) is 5.21. The van der Waals surface area contributed by atoms with Crippen LogP contribution in [0.2, 0.25) is 0 Å². The summed E-state index contributed by atoms with van der Waals surface area (Å²) in [5, 5.41) is 4.66. The summed E-state index contributed by atoms with van der Waals surface area (Å²) in [7, 11) is 0. The second-order valence-corrected chi connectivity index (χ2v) is 7.62. The largest absolute Gasteiger partial charge is 0.327 e. The number of amides is 1. The summed E-state index contributed by atoms with van der Waals surface area (Å²) in [6.45, 7) is 2.00. The molecule has 27 heavy (non-hydrogen) atoms. The summed E-state index contributed by atoms with van der Waals surface area (Å²) < 4.78 is 1.86. The van der Waals surface area contributed by atoms with Gasteiger partial charge in [-0.1, -0.05) is 42.5 Å². The quantitative estimate of drug-likeness (QED) is 0.691. The van der Waals surface area contributed by atoms with Crippen LogP contribution < -0.4 is 0 Å². The van der Waals surface area contributed by atoms with Crippen LogP contribution >= 0.6 is 0 Å². The van der Waals surface area contributed by atoms with E-state index in [1.807, 2.05) is 48.0 Å². The average molecular weight is 357 g/mol. The van der Waals surface area contributed by atoms with Gasteiger partial charge in [0.25, 0.3) is 5.91 Å². The Morgan fingerprint density at radius 2 is 1.78 bits per heavy atom. The highest BCUT2D eigenvalue weighted by atomic mass is 16.2. The second kappa shape index (κ2) is 6.38. The van der Waals surface area contributed by atoms with Crippen molar-refractivity contribution in [2.45, 2.75) is 44.7 Å². The van der Waals surface area contributed by atoms with Crippen LogP contribution in [0, 0.1) is 6.92 Å². The number of carbonyl (C=O) groups excluding carboxylic acids is 1. The van der Waals surface area contributed by atoms with Crippen molar-refractivity contribution >= 4 is 5.91 Å². The zero-order valence-electron chi connectivity index (χ0n) is 15.5. The monoisotopic (exact) mass is 357 g/mol. The van der Waals surface area contributed by atoms with Gasteiger partial charge in [-0.25, -0.2) is 4.68 Å². The highest BCUT2D eigenvalue weighted by Crippen LogP contribution is 2.42. The molecule has 1 saturated carbocycles. The Morgan fingerprint density at radius 1 is 1.04 bits per heavy atom. The number of hydrogen-bond donors (Lipinski definition) is 0. The molecule has 1 unspecified atom stereocenters. The predicted octanol–water partition coefficient (Wildman–Crippen LogP) is 4.47. The minimum absolute atomic E-state index is 0.0667. The summed E-state index contributed by atoms with van der Waals surface area (Å²) in [4.78, 5) is 15.6. The molecule has 0 bridgehead atoms. The Hall–Kier alpha value is -2.88. The van der Waals surface area contributed by atoms with Gasteiger partial charge in [0, 0.05) is 11.7 Å². The average Bonchev–Trinajstić information content (AvgIpc) is 3.32. The number of benzene rings is 2. The lowest BCUT2D eigenvalue weighted by atomic mass is 10.1. The molecule has 2 aliphatic rings. The number of nitrogens with zero attached hydrogens (tertiary/aromatic N) is 3. The van der Waals surface area contributed by atoms with Crippen molar-refractivity contribution in [1.29, 1.82) is 0 Å². The molecule has 4 nitrogen and oxygen atoms in total. The summed E-state index contributed by atoms with van der Waals surface area (Å²) in [5.74, 6) is 0.0667. The molecule has 0 saturated heterocycles. The Balaban J connectivity index is 1.49. The zero-order valence-corrected chi connectivity index (χ0v) is 15.5. The van der Waals surface area contributed by atoms with E-state index in [0.717, 1.165) is 37.1 Å². The van der Waals surface area contributed by atoms with E-state index in [1.165, 1.54) is 11.1 Å². The number of carbonyl (C=O) groups is 1. The maximum Gasteiger partial charge on any atom is 0.275 e. The van der Waals surface area contributed by atoms with Gasteiger partial charge in [0.2, 0.25) is 0 Å². The fourth-order valence-electron chi connectivity index (χ4n) is 4.28. The molecule has 1 atom stereocenters. The molecule has 1 fully saturated rings. The normalized spacial score (nSPS) is 18.3. The van der Waals surface area contributed by atoms with Crippen LogP contribution in [-0.4, -0.2) is 26.6 Å². The fraction of sp³-hybridized carbons (Fsp3) is 0.304. The van der Waals surface area contributed by atoms with Crippen molar-refractivity contribution in [2.24, 2.45) is 0 Å². The summed E-state index contributed by atoms with van der Waals surface area (Å²) in [6, 6.07) is 21.0. The van der Waals surface area contributed by atoms with E-state index >= 15 is 0 Å². The molecule has 1 aromatic heterocycles. The second-order valence-electron chi connectivity index (χ2n) is 7.62. The molecular formula is C23H23N3O. The van der Waals surface area contributed by atoms with Gasteiger partial charge in [-0.15, -0.1) is 0 Å². The van der Waals surface area contributed by atoms with Gasteiger partial charge < -0.3 is 4.90 Å². The number of aromatic nitrogens is 2. The summed E-state index contributed by atoms with van der Waals surface area (Å²) in [6.07, 6.45) is 4.26. The molecule has 0 aliphatic heterocycles. The fourth-order valence-corrected chi connectivity index (χ4v) is 4.28. The van der Waals surface area contributed by atoms with Crippen molar-refractivity contribution in [2.75, 3.05) is 0 Å². The third kappa shape index (κ3) is 2.85. The topological polar surface area (TPSA) is 38.1 Å². The SMILES string of the molecule is Cc1cc(C(=O)N(C2CC2)C2CCc3ccccc32)nn1-c1ccccc1. The molecule has 0 spiro atoms. The molecule has 0 N–H and O–H groups in total. The highest BCUT2D eigenvalue weighted by molar-refractivity contribution is 5.93. The molecule has 2 aromatic carbocycles. The Labute approximate surface area is 159 Å². The molecular weight excluding hydrogens is 334 g/mol. The van der Waals surface area contributed by atoms with Crippen molar-refractivity contribution in [1.82, 2.24) is 14.7 Å². The third-order valence-electron chi connectivity index (χ3n) is 5.72. The lowest BCUT2D eigenvalue weighted by molar-refractivity contribution is 0.0651. The van der Waals surface area contributed by atoms with E-state index in [1.54, 1.807) is 0 Å². The lowest BCUT2D eigenvalue weighted by Gasteiger charge is -2.29. The first-order chi connectivity index (χ1) is 13.2. The molecule has 5 rings (SSSR count). The van der Waals surface area contributed by atoms with E-state index < -0.39 is 0 Å². The van der Waals surface area contributed by atoms with Crippen LogP contribution in [0.4, 0.5) is 0 Å². The number of para-hydroxylation sites is 1. The van der Waals surface area contributed by atoms with Crippen molar-refractivity contribution in [3.8, 4) is 5.69 Å². The van der Waals surface area contributed by atoms with E-state index in [2.05, 4.69) is 34.3 Å². The molecule has 4 heteroatoms. The van der Waals surface area contributed by atoms with Gasteiger partial charge in [0.15, 0.2) is 5.69 Å². The van der Waals surface area contributed by atoms with E-state index in [9.17, 15) is 4.79 Å². The van der Waals surface area contributed by atoms with Gasteiger partial charge in [-0.05, 0) is 61.9 Å². The molecule has 1 heterocycles. The molecule has 3 aromatic rings. The van der Waals surface area contributed by atoms with Crippen molar-refractivity contribution in [3.63, 3.8) is 0 Å². The van der Waals surface area contributed by atoms with E-state index in [4.69, 9.17) is 0 Å². The standard InChI is InChI=1S/C23H23N3O/c1-16-15-21(24-26(16)19-8-3-2-4-9-19)23(27)25(18-12-13-18)22-14-11-17-7-5-6-10-20(17)22/h2-10,15,18,22H,11-14H2,1H3. The Kier molecular flexibility index (Phi) is 3.85. The van der Waals surface area contributed by atoms with Crippen molar-refractivity contribution in [3.05, 3.63) is 83.2 Å². The first kappa shape index (κ1) is 16.3. The maximum absolute atomic E-state index is 13.5. The minimum Gasteiger partial charge on any atom is -0.327 e. The van der Waals surface area contributed by atoms with Crippen LogP contribution in [0.5, 0.6) is 0 Å². The lowest BCUT2D eigenvalue weighted by Crippen LogP contribution is -2.36. The third-order valence-corrected chi connectivity index (χ3v) is 5.72. The zero-order chi connectivity index (χ0) is 18.4. The molecule has 0 radical (unpaired) electrons. The predicted molar refractivity (Wildman–Crippen MR) is 105 cm³/mol. The molecule has 2 aliphatic carbocycles. The van der Waals surface area contributed by atoms with Crippen LogP contribution in [0.1, 0.15) is 52.6 Å². The van der Waals surface area contributed by atoms with Gasteiger partial charge >= 0.3 is 0 Å². The summed E-state index contributed by atoms with van der Waals surface area (Å²) >= 11 is 0. The van der Waals surface area contributed by atoms with Crippen LogP contribution in [0.15, 0.2) is 60.7 Å². The van der Waals surface area contributed by atoms with Gasteiger partial charge in [0.1, 0.15) is 0 Å². The van der Waals surface area contributed by atoms with Gasteiger partial charge in [0.05, 0.1) is 11.7 Å². The van der Waals surface area contributed by atoms with Crippen LogP contribution in [0.25, 0.3) is 5.69 Å². The van der Waals surface area contributed by atoms with Crippen molar-refractivity contribution < 1.29 is 4.79 Å². The van der Waals surface area contributed by atoms with E-state index in [0.29, 0.717) is 11.7 Å². The number of aryl methyl sites for hydroxylation is 2. The molecule has 1 amide bonds. The number of rotatable bonds is 4. The van der Waals surface area contributed by atoms with Crippen LogP contribution in [0.3, 0.4) is 0 Å². The minimum atomic E-state index is 0.0667. The first-order valence-electron chi connectivity index (χ1n) is 9.75. The smallest absolute Gasteiger partial charge is 0.275 e. The van der Waals surface area contributed by atoms with E-state index in [-0.39, 0.29) is 11.9 Å². The molecule has 136 valence electrons.